The topological polar surface area (TPSA) is 114 Å². The zero-order valence-electron chi connectivity index (χ0n) is 17.7. The van der Waals surface area contributed by atoms with Gasteiger partial charge in [-0.05, 0) is 48.7 Å². The molecule has 11 heteroatoms. The molecule has 1 aromatic heterocycles. The van der Waals surface area contributed by atoms with Crippen molar-refractivity contribution in [2.24, 2.45) is 5.92 Å². The van der Waals surface area contributed by atoms with Crippen LogP contribution in [-0.2, 0) is 9.59 Å². The second-order valence-electron chi connectivity index (χ2n) is 7.95. The quantitative estimate of drug-likeness (QED) is 0.336. The number of halogens is 1. The summed E-state index contributed by atoms with van der Waals surface area (Å²) in [5.41, 5.74) is 0.196. The van der Waals surface area contributed by atoms with Gasteiger partial charge in [0.15, 0.2) is 0 Å². The van der Waals surface area contributed by atoms with Gasteiger partial charge < -0.3 is 9.32 Å². The van der Waals surface area contributed by atoms with Gasteiger partial charge in [0.1, 0.15) is 18.1 Å². The summed E-state index contributed by atoms with van der Waals surface area (Å²) in [5, 5.41) is 10.8. The number of thioether (sulfide) groups is 1. The van der Waals surface area contributed by atoms with Crippen LogP contribution in [0.1, 0.15) is 25.5 Å². The number of nitrogens with zero attached hydrogens (tertiary/aromatic N) is 3. The second-order valence-corrected chi connectivity index (χ2v) is 9.35. The zero-order chi connectivity index (χ0) is 23.7. The highest BCUT2D eigenvalue weighted by Gasteiger charge is 2.37. The molecule has 0 N–H and O–H groups in total. The van der Waals surface area contributed by atoms with Crippen LogP contribution in [0.2, 0.25) is 5.02 Å². The van der Waals surface area contributed by atoms with E-state index in [4.69, 9.17) is 16.0 Å². The van der Waals surface area contributed by atoms with Crippen molar-refractivity contribution in [3.05, 3.63) is 56.1 Å². The van der Waals surface area contributed by atoms with Crippen LogP contribution in [0, 0.1) is 16.0 Å². The first-order valence-corrected chi connectivity index (χ1v) is 11.5. The first-order chi connectivity index (χ1) is 15.7. The summed E-state index contributed by atoms with van der Waals surface area (Å²) in [4.78, 5) is 50.9. The van der Waals surface area contributed by atoms with Crippen molar-refractivity contribution < 1.29 is 23.7 Å². The van der Waals surface area contributed by atoms with Crippen molar-refractivity contribution in [2.45, 2.75) is 19.8 Å². The van der Waals surface area contributed by atoms with E-state index in [9.17, 15) is 24.5 Å². The maximum Gasteiger partial charge on any atom is 0.294 e. The first kappa shape index (κ1) is 23.1. The molecule has 0 radical (unpaired) electrons. The van der Waals surface area contributed by atoms with E-state index in [1.54, 1.807) is 17.0 Å². The second kappa shape index (κ2) is 9.40. The number of likely N-dealkylation sites (tertiary alicyclic amines) is 1. The zero-order valence-corrected chi connectivity index (χ0v) is 19.2. The number of non-ortho nitro benzene ring substituents is 1. The van der Waals surface area contributed by atoms with Gasteiger partial charge in [-0.2, -0.15) is 0 Å². The van der Waals surface area contributed by atoms with Crippen LogP contribution in [0.5, 0.6) is 0 Å². The van der Waals surface area contributed by atoms with Crippen LogP contribution in [0.25, 0.3) is 17.4 Å². The van der Waals surface area contributed by atoms with Crippen molar-refractivity contribution in [1.82, 2.24) is 9.80 Å². The van der Waals surface area contributed by atoms with Gasteiger partial charge in [-0.3, -0.25) is 29.4 Å². The standard InChI is InChI=1S/C22H20ClN3O6S/c1-13-6-8-24(9-7-13)20(27)12-25-21(28)19(33-22(25)29)11-15-3-5-18(32-15)16-10-14(26(30)31)2-4-17(16)23/h2-5,10-11,13H,6-9,12H2,1H3/b19-11+. The number of piperidine rings is 1. The SMILES string of the molecule is CC1CCN(C(=O)CN2C(=O)S/C(=C/c3ccc(-c4cc([N+](=O)[O-])ccc4Cl)o3)C2=O)CC1. The Hall–Kier alpha value is -3.11. The number of hydrogen-bond acceptors (Lipinski definition) is 7. The third-order valence-electron chi connectivity index (χ3n) is 5.63. The van der Waals surface area contributed by atoms with E-state index < -0.39 is 16.1 Å². The molecular formula is C22H20ClN3O6S. The van der Waals surface area contributed by atoms with E-state index in [0.29, 0.717) is 24.6 Å². The predicted octanol–water partition coefficient (Wildman–Crippen LogP) is 4.80. The van der Waals surface area contributed by atoms with E-state index in [-0.39, 0.29) is 39.6 Å². The fourth-order valence-electron chi connectivity index (χ4n) is 3.65. The van der Waals surface area contributed by atoms with Crippen LogP contribution in [0.4, 0.5) is 10.5 Å². The number of imide groups is 1. The Balaban J connectivity index is 1.48. The molecule has 3 heterocycles. The smallest absolute Gasteiger partial charge is 0.294 e. The Labute approximate surface area is 198 Å². The van der Waals surface area contributed by atoms with Crippen molar-refractivity contribution in [1.29, 1.82) is 0 Å². The molecule has 1 aromatic carbocycles. The van der Waals surface area contributed by atoms with E-state index in [2.05, 4.69) is 6.92 Å². The summed E-state index contributed by atoms with van der Waals surface area (Å²) in [7, 11) is 0. The number of nitro benzene ring substituents is 1. The van der Waals surface area contributed by atoms with Crippen molar-refractivity contribution in [3.63, 3.8) is 0 Å². The predicted molar refractivity (Wildman–Crippen MR) is 123 cm³/mol. The Morgan fingerprint density at radius 2 is 2.00 bits per heavy atom. The summed E-state index contributed by atoms with van der Waals surface area (Å²) >= 11 is 6.89. The van der Waals surface area contributed by atoms with Gasteiger partial charge in [0.05, 0.1) is 14.9 Å². The molecule has 4 rings (SSSR count). The fraction of sp³-hybridized carbons (Fsp3) is 0.318. The van der Waals surface area contributed by atoms with Crippen LogP contribution in [0.15, 0.2) is 39.7 Å². The van der Waals surface area contributed by atoms with E-state index in [1.807, 2.05) is 0 Å². The number of carbonyl (C=O) groups is 3. The average molecular weight is 490 g/mol. The van der Waals surface area contributed by atoms with E-state index >= 15 is 0 Å². The van der Waals surface area contributed by atoms with E-state index in [1.165, 1.54) is 24.3 Å². The lowest BCUT2D eigenvalue weighted by atomic mass is 9.99. The molecular weight excluding hydrogens is 470 g/mol. The fourth-order valence-corrected chi connectivity index (χ4v) is 4.68. The van der Waals surface area contributed by atoms with Gasteiger partial charge in [0.25, 0.3) is 16.8 Å². The highest BCUT2D eigenvalue weighted by atomic mass is 35.5. The lowest BCUT2D eigenvalue weighted by Crippen LogP contribution is -2.45. The molecule has 0 atom stereocenters. The maximum absolute atomic E-state index is 12.7. The van der Waals surface area contributed by atoms with Crippen LogP contribution in [-0.4, -0.2) is 51.4 Å². The minimum Gasteiger partial charge on any atom is -0.457 e. The molecule has 0 aliphatic carbocycles. The molecule has 0 unspecified atom stereocenters. The van der Waals surface area contributed by atoms with Gasteiger partial charge in [0, 0.05) is 36.9 Å². The molecule has 0 bridgehead atoms. The van der Waals surface area contributed by atoms with Gasteiger partial charge in [-0.15, -0.1) is 0 Å². The summed E-state index contributed by atoms with van der Waals surface area (Å²) in [5.74, 6) is 0.309. The summed E-state index contributed by atoms with van der Waals surface area (Å²) in [6.07, 6.45) is 3.22. The Bertz CT molecular complexity index is 1170. The number of rotatable bonds is 5. The number of benzene rings is 1. The highest BCUT2D eigenvalue weighted by Crippen LogP contribution is 2.36. The number of hydrogen-bond donors (Lipinski definition) is 0. The molecule has 2 aliphatic rings. The lowest BCUT2D eigenvalue weighted by molar-refractivity contribution is -0.384. The Kier molecular flexibility index (Phi) is 6.57. The largest absolute Gasteiger partial charge is 0.457 e. The first-order valence-electron chi connectivity index (χ1n) is 10.3. The molecule has 0 spiro atoms. The van der Waals surface area contributed by atoms with Gasteiger partial charge in [-0.25, -0.2) is 0 Å². The van der Waals surface area contributed by atoms with Crippen LogP contribution in [0.3, 0.4) is 0 Å². The monoisotopic (exact) mass is 489 g/mol. The molecule has 2 fully saturated rings. The molecule has 172 valence electrons. The minimum absolute atomic E-state index is 0.131. The van der Waals surface area contributed by atoms with Crippen molar-refractivity contribution >= 4 is 52.2 Å². The average Bonchev–Trinajstić information content (AvgIpc) is 3.34. The lowest BCUT2D eigenvalue weighted by Gasteiger charge is -2.31. The normalized spacial score (nSPS) is 18.4. The number of carbonyl (C=O) groups excluding carboxylic acids is 3. The van der Waals surface area contributed by atoms with Gasteiger partial charge in [-0.1, -0.05) is 18.5 Å². The molecule has 2 aromatic rings. The van der Waals surface area contributed by atoms with Crippen LogP contribution < -0.4 is 0 Å². The minimum atomic E-state index is -0.560. The van der Waals surface area contributed by atoms with Crippen molar-refractivity contribution in [2.75, 3.05) is 19.6 Å². The number of nitro groups is 1. The third kappa shape index (κ3) is 4.96. The highest BCUT2D eigenvalue weighted by molar-refractivity contribution is 8.18. The molecule has 9 nitrogen and oxygen atoms in total. The molecule has 2 saturated heterocycles. The number of furan rings is 1. The summed E-state index contributed by atoms with van der Waals surface area (Å²) < 4.78 is 5.70. The third-order valence-corrected chi connectivity index (χ3v) is 6.87. The van der Waals surface area contributed by atoms with Crippen LogP contribution >= 0.6 is 23.4 Å². The Morgan fingerprint density at radius 3 is 2.70 bits per heavy atom. The van der Waals surface area contributed by atoms with Gasteiger partial charge in [0.2, 0.25) is 5.91 Å². The van der Waals surface area contributed by atoms with Crippen molar-refractivity contribution in [3.8, 4) is 11.3 Å². The summed E-state index contributed by atoms with van der Waals surface area (Å²) in [6, 6.07) is 7.13. The molecule has 2 aliphatic heterocycles. The van der Waals surface area contributed by atoms with E-state index in [0.717, 1.165) is 29.5 Å². The number of amides is 3. The van der Waals surface area contributed by atoms with Gasteiger partial charge >= 0.3 is 0 Å². The Morgan fingerprint density at radius 1 is 1.27 bits per heavy atom. The molecule has 3 amide bonds. The maximum atomic E-state index is 12.7. The molecule has 33 heavy (non-hydrogen) atoms. The molecule has 0 saturated carbocycles. The summed E-state index contributed by atoms with van der Waals surface area (Å²) in [6.45, 7) is 3.10.